The van der Waals surface area contributed by atoms with Gasteiger partial charge in [-0.2, -0.15) is 15.2 Å². The Balaban J connectivity index is 1.19. The van der Waals surface area contributed by atoms with Gasteiger partial charge < -0.3 is 33.3 Å². The van der Waals surface area contributed by atoms with Crippen LogP contribution in [0.1, 0.15) is 71.2 Å². The molecule has 0 unspecified atom stereocenters. The van der Waals surface area contributed by atoms with E-state index >= 15 is 0 Å². The van der Waals surface area contributed by atoms with E-state index in [0.29, 0.717) is 45.6 Å². The number of hydrogen-bond donors (Lipinski definition) is 0. The second-order valence-corrected chi connectivity index (χ2v) is 23.6. The van der Waals surface area contributed by atoms with Crippen LogP contribution in [0, 0.1) is 11.3 Å². The lowest BCUT2D eigenvalue weighted by atomic mass is 10.0. The van der Waals surface area contributed by atoms with Gasteiger partial charge in [-0.3, -0.25) is 4.90 Å². The third kappa shape index (κ3) is 10.1. The normalized spacial score (nSPS) is 19.7. The molecule has 2 saturated heterocycles. The molecule has 0 radical (unpaired) electrons. The highest BCUT2D eigenvalue weighted by Crippen LogP contribution is 2.40. The van der Waals surface area contributed by atoms with Gasteiger partial charge in [0.05, 0.1) is 42.9 Å². The number of amides is 2. The highest BCUT2D eigenvalue weighted by molar-refractivity contribution is 6.74. The Hall–Kier alpha value is -5.39. The number of fused-ring (bicyclic) bond motifs is 2. The van der Waals surface area contributed by atoms with Gasteiger partial charge in [0.15, 0.2) is 8.32 Å². The monoisotopic (exact) mass is 847 g/mol. The summed E-state index contributed by atoms with van der Waals surface area (Å²) in [5.74, 6) is 0.738. The second kappa shape index (κ2) is 17.9. The standard InChI is InChI=1S/C47H61N7O6Si/c1-46(2,3)59-45(56)54-26-23-41(60-61(7,8)47(4,5)6)40(54)32-57-43-49-38-30-51(39-20-14-18-34-17-12-13-19-36(34)39)25-22-37(38)42(50-43)52-27-28-53(35(29-52)21-24-48)44(55)58-31-33-15-10-9-11-16-33/h9-20,35,40-41H,21-23,25-32H2,1-8H3/t35-,40+,41-/m0/s1. The van der Waals surface area contributed by atoms with Gasteiger partial charge in [-0.25, -0.2) is 9.59 Å². The summed E-state index contributed by atoms with van der Waals surface area (Å²) in [6, 6.07) is 26.0. The van der Waals surface area contributed by atoms with Crippen molar-refractivity contribution in [2.24, 2.45) is 0 Å². The van der Waals surface area contributed by atoms with E-state index in [4.69, 9.17) is 28.6 Å². The number of piperazine rings is 1. The van der Waals surface area contributed by atoms with Crippen LogP contribution < -0.4 is 14.5 Å². The van der Waals surface area contributed by atoms with E-state index in [9.17, 15) is 14.9 Å². The van der Waals surface area contributed by atoms with Crippen molar-refractivity contribution in [3.05, 3.63) is 89.6 Å². The SMILES string of the molecule is CC(C)(C)OC(=O)N1CC[C@H](O[Si](C)(C)C(C)(C)C)[C@H]1COc1nc2c(c(N3CCN(C(=O)OCc4ccccc4)[C@@H](CC#N)C3)n1)CCN(c1cccc3ccccc13)C2. The third-order valence-corrected chi connectivity index (χ3v) is 16.9. The zero-order valence-electron chi connectivity index (χ0n) is 37.0. The summed E-state index contributed by atoms with van der Waals surface area (Å²) in [4.78, 5) is 45.3. The molecule has 0 spiro atoms. The molecule has 0 saturated carbocycles. The number of ether oxygens (including phenoxy) is 3. The molecule has 3 aromatic carbocycles. The van der Waals surface area contributed by atoms with Crippen molar-refractivity contribution in [1.29, 1.82) is 5.26 Å². The predicted molar refractivity (Wildman–Crippen MR) is 239 cm³/mol. The van der Waals surface area contributed by atoms with Crippen LogP contribution in [0.2, 0.25) is 18.1 Å². The maximum atomic E-state index is 13.7. The first-order chi connectivity index (χ1) is 29.0. The number of likely N-dealkylation sites (tertiary alicyclic amines) is 1. The van der Waals surface area contributed by atoms with E-state index in [1.54, 1.807) is 9.80 Å². The average Bonchev–Trinajstić information content (AvgIpc) is 3.62. The molecular weight excluding hydrogens is 787 g/mol. The highest BCUT2D eigenvalue weighted by Gasteiger charge is 2.46. The molecule has 7 rings (SSSR count). The molecule has 0 bridgehead atoms. The van der Waals surface area contributed by atoms with E-state index in [0.717, 1.165) is 34.9 Å². The zero-order chi connectivity index (χ0) is 43.5. The number of carbonyl (C=O) groups excluding carboxylic acids is 2. The molecule has 3 aliphatic rings. The molecule has 2 fully saturated rings. The van der Waals surface area contributed by atoms with Gasteiger partial charge in [0, 0.05) is 49.4 Å². The third-order valence-electron chi connectivity index (χ3n) is 12.4. The lowest BCUT2D eigenvalue weighted by Crippen LogP contribution is -2.55. The largest absolute Gasteiger partial charge is 0.461 e. The minimum Gasteiger partial charge on any atom is -0.461 e. The number of carbonyl (C=O) groups is 2. The maximum absolute atomic E-state index is 13.7. The number of benzene rings is 3. The first-order valence-corrected chi connectivity index (χ1v) is 24.4. The fourth-order valence-corrected chi connectivity index (χ4v) is 9.58. The van der Waals surface area contributed by atoms with Crippen LogP contribution in [0.4, 0.5) is 21.1 Å². The summed E-state index contributed by atoms with van der Waals surface area (Å²) in [6.07, 6.45) is 0.393. The Labute approximate surface area is 361 Å². The van der Waals surface area contributed by atoms with Gasteiger partial charge in [0.1, 0.15) is 24.6 Å². The summed E-state index contributed by atoms with van der Waals surface area (Å²) < 4.78 is 25.2. The highest BCUT2D eigenvalue weighted by atomic mass is 28.4. The molecule has 2 amide bonds. The van der Waals surface area contributed by atoms with Crippen LogP contribution in [0.5, 0.6) is 6.01 Å². The molecule has 3 aliphatic heterocycles. The smallest absolute Gasteiger partial charge is 0.410 e. The number of anilines is 2. The molecule has 14 heteroatoms. The molecule has 4 heterocycles. The quantitative estimate of drug-likeness (QED) is 0.142. The molecule has 61 heavy (non-hydrogen) atoms. The Bertz CT molecular complexity index is 2230. The molecule has 3 atom stereocenters. The summed E-state index contributed by atoms with van der Waals surface area (Å²) in [6.45, 7) is 20.0. The minimum absolute atomic E-state index is 0.0315. The number of nitriles is 1. The Kier molecular flexibility index (Phi) is 12.8. The van der Waals surface area contributed by atoms with Gasteiger partial charge in [-0.15, -0.1) is 0 Å². The number of aromatic nitrogens is 2. The van der Waals surface area contributed by atoms with Crippen molar-refractivity contribution in [2.75, 3.05) is 49.1 Å². The Morgan fingerprint density at radius 1 is 0.852 bits per heavy atom. The topological polar surface area (TPSA) is 134 Å². The van der Waals surface area contributed by atoms with E-state index in [1.165, 1.54) is 10.8 Å². The van der Waals surface area contributed by atoms with Crippen molar-refractivity contribution in [1.82, 2.24) is 19.8 Å². The second-order valence-electron chi connectivity index (χ2n) is 18.9. The fraction of sp³-hybridized carbons (Fsp3) is 0.511. The molecule has 1 aromatic heterocycles. The van der Waals surface area contributed by atoms with Crippen LogP contribution in [-0.4, -0.2) is 103 Å². The van der Waals surface area contributed by atoms with Crippen molar-refractivity contribution < 1.29 is 28.2 Å². The van der Waals surface area contributed by atoms with Crippen molar-refractivity contribution in [2.45, 2.75) is 116 Å². The minimum atomic E-state index is -2.23. The van der Waals surface area contributed by atoms with Crippen LogP contribution >= 0.6 is 0 Å². The number of nitrogens with zero attached hydrogens (tertiary/aromatic N) is 7. The summed E-state index contributed by atoms with van der Waals surface area (Å²) in [5.41, 5.74) is 3.24. The van der Waals surface area contributed by atoms with Crippen LogP contribution in [0.15, 0.2) is 72.8 Å². The van der Waals surface area contributed by atoms with Crippen LogP contribution in [0.3, 0.4) is 0 Å². The van der Waals surface area contributed by atoms with Crippen LogP contribution in [-0.2, 0) is 33.5 Å². The van der Waals surface area contributed by atoms with Crippen molar-refractivity contribution in [3.63, 3.8) is 0 Å². The molecule has 0 aliphatic carbocycles. The summed E-state index contributed by atoms with van der Waals surface area (Å²) >= 11 is 0. The Morgan fingerprint density at radius 3 is 2.33 bits per heavy atom. The van der Waals surface area contributed by atoms with E-state index in [2.05, 4.69) is 92.2 Å². The van der Waals surface area contributed by atoms with E-state index in [-0.39, 0.29) is 36.8 Å². The molecular formula is C47H61N7O6Si. The maximum Gasteiger partial charge on any atom is 0.410 e. The molecule has 324 valence electrons. The Morgan fingerprint density at radius 2 is 1.59 bits per heavy atom. The first kappa shape index (κ1) is 43.7. The lowest BCUT2D eigenvalue weighted by molar-refractivity contribution is 0.00921. The predicted octanol–water partition coefficient (Wildman–Crippen LogP) is 8.71. The van der Waals surface area contributed by atoms with Gasteiger partial charge in [0.2, 0.25) is 0 Å². The summed E-state index contributed by atoms with van der Waals surface area (Å²) in [7, 11) is -2.23. The number of hydrogen-bond acceptors (Lipinski definition) is 11. The van der Waals surface area contributed by atoms with Gasteiger partial charge >= 0.3 is 18.2 Å². The van der Waals surface area contributed by atoms with Crippen molar-refractivity contribution >= 4 is 42.8 Å². The fourth-order valence-electron chi connectivity index (χ4n) is 8.20. The van der Waals surface area contributed by atoms with Gasteiger partial charge in [0.25, 0.3) is 0 Å². The molecule has 0 N–H and O–H groups in total. The number of rotatable bonds is 10. The van der Waals surface area contributed by atoms with Crippen molar-refractivity contribution in [3.8, 4) is 12.1 Å². The van der Waals surface area contributed by atoms with Gasteiger partial charge in [-0.1, -0.05) is 87.5 Å². The zero-order valence-corrected chi connectivity index (χ0v) is 38.0. The van der Waals surface area contributed by atoms with Gasteiger partial charge in [-0.05, 0) is 68.8 Å². The van der Waals surface area contributed by atoms with E-state index in [1.807, 2.05) is 51.1 Å². The average molecular weight is 848 g/mol. The first-order valence-electron chi connectivity index (χ1n) is 21.5. The summed E-state index contributed by atoms with van der Waals surface area (Å²) in [5, 5.41) is 12.2. The molecule has 4 aromatic rings. The van der Waals surface area contributed by atoms with E-state index < -0.39 is 38.2 Å². The lowest BCUT2D eigenvalue weighted by Gasteiger charge is -2.42. The van der Waals surface area contributed by atoms with Crippen LogP contribution in [0.25, 0.3) is 10.8 Å². The molecule has 13 nitrogen and oxygen atoms in total.